The van der Waals surface area contributed by atoms with Gasteiger partial charge in [0.25, 0.3) is 0 Å². The van der Waals surface area contributed by atoms with Crippen molar-refractivity contribution in [2.24, 2.45) is 0 Å². The average Bonchev–Trinajstić information content (AvgIpc) is 2.60. The average molecular weight is 404 g/mol. The number of halogens is 1. The van der Waals surface area contributed by atoms with E-state index in [1.54, 1.807) is 0 Å². The zero-order valence-corrected chi connectivity index (χ0v) is 15.9. The number of hydrogen-bond acceptors (Lipinski definition) is 2. The van der Waals surface area contributed by atoms with Crippen LogP contribution < -0.4 is 10.6 Å². The SMILES string of the molecule is S=C(Nc1ccccc1Br)NC1CCN(Cc2ccccc2)CC1. The first-order valence-electron chi connectivity index (χ1n) is 8.29. The molecule has 0 aromatic heterocycles. The van der Waals surface area contributed by atoms with E-state index in [2.05, 4.69) is 61.8 Å². The van der Waals surface area contributed by atoms with Crippen LogP contribution in [0.25, 0.3) is 0 Å². The summed E-state index contributed by atoms with van der Waals surface area (Å²) in [7, 11) is 0. The Hall–Kier alpha value is -1.43. The number of para-hydroxylation sites is 1. The minimum Gasteiger partial charge on any atom is -0.360 e. The molecule has 1 saturated heterocycles. The summed E-state index contributed by atoms with van der Waals surface area (Å²) < 4.78 is 1.02. The van der Waals surface area contributed by atoms with E-state index < -0.39 is 0 Å². The van der Waals surface area contributed by atoms with Gasteiger partial charge in [0.2, 0.25) is 0 Å². The van der Waals surface area contributed by atoms with Gasteiger partial charge in [0, 0.05) is 30.1 Å². The molecule has 3 rings (SSSR count). The minimum absolute atomic E-state index is 0.444. The van der Waals surface area contributed by atoms with Gasteiger partial charge in [-0.25, -0.2) is 0 Å². The highest BCUT2D eigenvalue weighted by molar-refractivity contribution is 9.10. The van der Waals surface area contributed by atoms with Crippen LogP contribution in [0.1, 0.15) is 18.4 Å². The first-order valence-corrected chi connectivity index (χ1v) is 9.49. The van der Waals surface area contributed by atoms with Crippen molar-refractivity contribution in [1.29, 1.82) is 0 Å². The summed E-state index contributed by atoms with van der Waals surface area (Å²) in [6, 6.07) is 19.1. The van der Waals surface area contributed by atoms with Gasteiger partial charge >= 0.3 is 0 Å². The van der Waals surface area contributed by atoms with E-state index in [9.17, 15) is 0 Å². The van der Waals surface area contributed by atoms with Crippen LogP contribution >= 0.6 is 28.1 Å². The topological polar surface area (TPSA) is 27.3 Å². The molecule has 0 aliphatic carbocycles. The molecule has 2 aromatic carbocycles. The van der Waals surface area contributed by atoms with Crippen LogP contribution in [0.2, 0.25) is 0 Å². The monoisotopic (exact) mass is 403 g/mol. The predicted molar refractivity (Wildman–Crippen MR) is 108 cm³/mol. The van der Waals surface area contributed by atoms with Crippen LogP contribution in [0.15, 0.2) is 59.1 Å². The lowest BCUT2D eigenvalue weighted by Gasteiger charge is -2.33. The first-order chi connectivity index (χ1) is 11.7. The van der Waals surface area contributed by atoms with E-state index in [-0.39, 0.29) is 0 Å². The van der Waals surface area contributed by atoms with E-state index in [1.165, 1.54) is 5.56 Å². The number of nitrogens with zero attached hydrogens (tertiary/aromatic N) is 1. The summed E-state index contributed by atoms with van der Waals surface area (Å²) in [5.41, 5.74) is 2.38. The molecule has 126 valence electrons. The van der Waals surface area contributed by atoms with Crippen molar-refractivity contribution in [3.05, 3.63) is 64.6 Å². The zero-order chi connectivity index (χ0) is 16.8. The smallest absolute Gasteiger partial charge is 0.171 e. The Labute approximate surface area is 157 Å². The predicted octanol–water partition coefficient (Wildman–Crippen LogP) is 4.40. The fourth-order valence-corrected chi connectivity index (χ4v) is 3.64. The van der Waals surface area contributed by atoms with Gasteiger partial charge < -0.3 is 10.6 Å². The second kappa shape index (κ2) is 8.60. The van der Waals surface area contributed by atoms with Gasteiger partial charge in [0.05, 0.1) is 5.69 Å². The normalized spacial score (nSPS) is 15.9. The number of rotatable bonds is 4. The van der Waals surface area contributed by atoms with E-state index in [0.29, 0.717) is 11.2 Å². The second-order valence-corrected chi connectivity index (χ2v) is 7.38. The molecule has 1 aliphatic heterocycles. The number of benzene rings is 2. The maximum Gasteiger partial charge on any atom is 0.171 e. The van der Waals surface area contributed by atoms with Crippen molar-refractivity contribution in [2.45, 2.75) is 25.4 Å². The molecule has 0 amide bonds. The molecule has 5 heteroatoms. The highest BCUT2D eigenvalue weighted by atomic mass is 79.9. The van der Waals surface area contributed by atoms with Crippen LogP contribution in [0.3, 0.4) is 0 Å². The maximum absolute atomic E-state index is 5.45. The lowest BCUT2D eigenvalue weighted by Crippen LogP contribution is -2.45. The molecule has 0 atom stereocenters. The molecular weight excluding hydrogens is 382 g/mol. The molecular formula is C19H22BrN3S. The van der Waals surface area contributed by atoms with Crippen molar-refractivity contribution in [2.75, 3.05) is 18.4 Å². The number of piperidine rings is 1. The summed E-state index contributed by atoms with van der Waals surface area (Å²) in [5.74, 6) is 0. The first kappa shape index (κ1) is 17.4. The highest BCUT2D eigenvalue weighted by Crippen LogP contribution is 2.21. The summed E-state index contributed by atoms with van der Waals surface area (Å²) in [6.45, 7) is 3.24. The lowest BCUT2D eigenvalue weighted by molar-refractivity contribution is 0.199. The van der Waals surface area contributed by atoms with Crippen molar-refractivity contribution in [3.63, 3.8) is 0 Å². The van der Waals surface area contributed by atoms with Crippen LogP contribution in [0.5, 0.6) is 0 Å². The van der Waals surface area contributed by atoms with Crippen LogP contribution in [0, 0.1) is 0 Å². The summed E-state index contributed by atoms with van der Waals surface area (Å²) >= 11 is 8.99. The lowest BCUT2D eigenvalue weighted by atomic mass is 10.0. The van der Waals surface area contributed by atoms with Gasteiger partial charge in [0.15, 0.2) is 5.11 Å². The molecule has 1 fully saturated rings. The number of nitrogens with one attached hydrogen (secondary N) is 2. The minimum atomic E-state index is 0.444. The van der Waals surface area contributed by atoms with E-state index in [0.717, 1.165) is 42.6 Å². The fraction of sp³-hybridized carbons (Fsp3) is 0.316. The Morgan fingerprint density at radius 2 is 1.71 bits per heavy atom. The standard InChI is InChI=1S/C19H22BrN3S/c20-17-8-4-5-9-18(17)22-19(24)21-16-10-12-23(13-11-16)14-15-6-2-1-3-7-15/h1-9,16H,10-14H2,(H2,21,22,24). The van der Waals surface area contributed by atoms with Gasteiger partial charge in [-0.1, -0.05) is 42.5 Å². The van der Waals surface area contributed by atoms with E-state index >= 15 is 0 Å². The molecule has 0 unspecified atom stereocenters. The quantitative estimate of drug-likeness (QED) is 0.739. The Bertz CT molecular complexity index is 669. The van der Waals surface area contributed by atoms with Gasteiger partial charge in [-0.2, -0.15) is 0 Å². The maximum atomic E-state index is 5.45. The van der Waals surface area contributed by atoms with Gasteiger partial charge in [-0.05, 0) is 58.7 Å². The van der Waals surface area contributed by atoms with Crippen molar-refractivity contribution < 1.29 is 0 Å². The van der Waals surface area contributed by atoms with Crippen molar-refractivity contribution >= 4 is 38.9 Å². The van der Waals surface area contributed by atoms with Crippen LogP contribution in [-0.2, 0) is 6.54 Å². The van der Waals surface area contributed by atoms with Gasteiger partial charge in [0.1, 0.15) is 0 Å². The Kier molecular flexibility index (Phi) is 6.24. The van der Waals surface area contributed by atoms with Crippen LogP contribution in [-0.4, -0.2) is 29.1 Å². The number of likely N-dealkylation sites (tertiary alicyclic amines) is 1. The third-order valence-corrected chi connectivity index (χ3v) is 5.21. The number of hydrogen-bond donors (Lipinski definition) is 2. The number of anilines is 1. The molecule has 1 heterocycles. The Morgan fingerprint density at radius 3 is 2.42 bits per heavy atom. The molecule has 0 bridgehead atoms. The molecule has 0 radical (unpaired) electrons. The molecule has 2 N–H and O–H groups in total. The Morgan fingerprint density at radius 1 is 1.04 bits per heavy atom. The zero-order valence-electron chi connectivity index (χ0n) is 13.5. The Balaban J connectivity index is 1.43. The third-order valence-electron chi connectivity index (χ3n) is 4.29. The molecule has 3 nitrogen and oxygen atoms in total. The number of thiocarbonyl (C=S) groups is 1. The molecule has 0 saturated carbocycles. The van der Waals surface area contributed by atoms with Crippen LogP contribution in [0.4, 0.5) is 5.69 Å². The summed E-state index contributed by atoms with van der Waals surface area (Å²) in [4.78, 5) is 2.51. The largest absolute Gasteiger partial charge is 0.360 e. The molecule has 0 spiro atoms. The fourth-order valence-electron chi connectivity index (χ4n) is 2.98. The highest BCUT2D eigenvalue weighted by Gasteiger charge is 2.19. The second-order valence-electron chi connectivity index (χ2n) is 6.11. The summed E-state index contributed by atoms with van der Waals surface area (Å²) in [6.07, 6.45) is 2.23. The summed E-state index contributed by atoms with van der Waals surface area (Å²) in [5, 5.41) is 7.42. The molecule has 24 heavy (non-hydrogen) atoms. The molecule has 1 aliphatic rings. The van der Waals surface area contributed by atoms with Gasteiger partial charge in [-0.15, -0.1) is 0 Å². The van der Waals surface area contributed by atoms with E-state index in [1.807, 2.05) is 24.3 Å². The van der Waals surface area contributed by atoms with Crippen molar-refractivity contribution in [1.82, 2.24) is 10.2 Å². The third kappa shape index (κ3) is 5.03. The molecule has 2 aromatic rings. The van der Waals surface area contributed by atoms with E-state index in [4.69, 9.17) is 12.2 Å². The van der Waals surface area contributed by atoms with Crippen molar-refractivity contribution in [3.8, 4) is 0 Å². The van der Waals surface area contributed by atoms with Gasteiger partial charge in [-0.3, -0.25) is 4.90 Å².